The van der Waals surface area contributed by atoms with Crippen molar-refractivity contribution < 1.29 is 5.11 Å². The molecular formula is C19H23NO. The van der Waals surface area contributed by atoms with Gasteiger partial charge < -0.3 is 5.11 Å². The van der Waals surface area contributed by atoms with Gasteiger partial charge in [-0.1, -0.05) is 55.5 Å². The number of phenolic OH excluding ortho intramolecular Hbond substituents is 1. The second kappa shape index (κ2) is 6.31. The van der Waals surface area contributed by atoms with Crippen LogP contribution in [-0.2, 0) is 0 Å². The number of aromatic hydroxyl groups is 1. The number of rotatable bonds is 4. The van der Waals surface area contributed by atoms with Gasteiger partial charge in [-0.05, 0) is 36.9 Å². The fraction of sp³-hybridized carbons (Fsp3) is 0.368. The molecule has 2 atom stereocenters. The molecule has 1 aliphatic heterocycles. The molecule has 0 amide bonds. The first-order chi connectivity index (χ1) is 10.3. The Morgan fingerprint density at radius 2 is 1.81 bits per heavy atom. The Balaban J connectivity index is 1.77. The van der Waals surface area contributed by atoms with E-state index in [0.29, 0.717) is 17.7 Å². The maximum Gasteiger partial charge on any atom is 0.120 e. The van der Waals surface area contributed by atoms with Gasteiger partial charge in [-0.3, -0.25) is 4.90 Å². The fourth-order valence-electron chi connectivity index (χ4n) is 3.51. The Hall–Kier alpha value is -1.80. The van der Waals surface area contributed by atoms with Gasteiger partial charge in [-0.15, -0.1) is 0 Å². The van der Waals surface area contributed by atoms with Gasteiger partial charge in [-0.2, -0.15) is 0 Å². The van der Waals surface area contributed by atoms with Gasteiger partial charge in [0, 0.05) is 18.2 Å². The average Bonchev–Trinajstić information content (AvgIpc) is 3.00. The Morgan fingerprint density at radius 3 is 2.52 bits per heavy atom. The van der Waals surface area contributed by atoms with E-state index in [2.05, 4.69) is 48.2 Å². The van der Waals surface area contributed by atoms with E-state index in [1.165, 1.54) is 12.0 Å². The molecular weight excluding hydrogens is 258 g/mol. The molecule has 0 aromatic heterocycles. The summed E-state index contributed by atoms with van der Waals surface area (Å²) in [7, 11) is 0. The van der Waals surface area contributed by atoms with E-state index >= 15 is 0 Å². The average molecular weight is 281 g/mol. The van der Waals surface area contributed by atoms with Crippen LogP contribution in [0.1, 0.15) is 42.9 Å². The number of hydrogen-bond donors (Lipinski definition) is 1. The summed E-state index contributed by atoms with van der Waals surface area (Å²) >= 11 is 0. The molecule has 1 saturated heterocycles. The molecule has 1 heterocycles. The van der Waals surface area contributed by atoms with Crippen LogP contribution in [-0.4, -0.2) is 23.1 Å². The quantitative estimate of drug-likeness (QED) is 0.901. The molecule has 0 saturated carbocycles. The van der Waals surface area contributed by atoms with Gasteiger partial charge in [0.25, 0.3) is 0 Å². The third-order valence-corrected chi connectivity index (χ3v) is 4.61. The van der Waals surface area contributed by atoms with Crippen molar-refractivity contribution in [2.45, 2.75) is 31.7 Å². The van der Waals surface area contributed by atoms with Crippen LogP contribution in [0.2, 0.25) is 0 Å². The molecule has 2 nitrogen and oxygen atoms in total. The van der Waals surface area contributed by atoms with E-state index in [0.717, 1.165) is 25.1 Å². The van der Waals surface area contributed by atoms with Crippen molar-refractivity contribution in [2.24, 2.45) is 0 Å². The van der Waals surface area contributed by atoms with E-state index in [4.69, 9.17) is 0 Å². The van der Waals surface area contributed by atoms with Gasteiger partial charge in [-0.25, -0.2) is 0 Å². The summed E-state index contributed by atoms with van der Waals surface area (Å²) in [4.78, 5) is 2.52. The minimum Gasteiger partial charge on any atom is -0.508 e. The van der Waals surface area contributed by atoms with E-state index in [-0.39, 0.29) is 0 Å². The molecule has 1 fully saturated rings. The molecule has 0 spiro atoms. The van der Waals surface area contributed by atoms with Crippen LogP contribution in [0.3, 0.4) is 0 Å². The van der Waals surface area contributed by atoms with Gasteiger partial charge in [0.15, 0.2) is 0 Å². The van der Waals surface area contributed by atoms with Crippen molar-refractivity contribution in [3.63, 3.8) is 0 Å². The van der Waals surface area contributed by atoms with Crippen LogP contribution in [0.4, 0.5) is 0 Å². The number of phenols is 1. The lowest BCUT2D eigenvalue weighted by Gasteiger charge is -2.28. The van der Waals surface area contributed by atoms with Gasteiger partial charge >= 0.3 is 0 Å². The number of hydrogen-bond acceptors (Lipinski definition) is 2. The van der Waals surface area contributed by atoms with Crippen LogP contribution < -0.4 is 0 Å². The zero-order valence-electron chi connectivity index (χ0n) is 12.6. The Kier molecular flexibility index (Phi) is 4.26. The molecule has 2 unspecified atom stereocenters. The standard InChI is InChI=1S/C19H23NO/c1-2-18(17-10-6-7-11-19(17)21)20-13-12-16(14-20)15-8-4-3-5-9-15/h3-11,16,18,21H,2,12-14H2,1H3. The van der Waals surface area contributed by atoms with Crippen LogP contribution in [0, 0.1) is 0 Å². The lowest BCUT2D eigenvalue weighted by Crippen LogP contribution is -2.26. The van der Waals surface area contributed by atoms with Gasteiger partial charge in [0.05, 0.1) is 0 Å². The Labute approximate surface area is 127 Å². The molecule has 1 aliphatic rings. The van der Waals surface area contributed by atoms with Crippen LogP contribution in [0.15, 0.2) is 54.6 Å². The molecule has 2 heteroatoms. The fourth-order valence-corrected chi connectivity index (χ4v) is 3.51. The van der Waals surface area contributed by atoms with E-state index in [9.17, 15) is 5.11 Å². The minimum absolute atomic E-state index is 0.319. The summed E-state index contributed by atoms with van der Waals surface area (Å²) in [5.74, 6) is 1.04. The van der Waals surface area contributed by atoms with Crippen LogP contribution in [0.5, 0.6) is 5.75 Å². The van der Waals surface area contributed by atoms with Crippen molar-refractivity contribution in [2.75, 3.05) is 13.1 Å². The zero-order chi connectivity index (χ0) is 14.7. The Morgan fingerprint density at radius 1 is 1.10 bits per heavy atom. The van der Waals surface area contributed by atoms with E-state index < -0.39 is 0 Å². The lowest BCUT2D eigenvalue weighted by atomic mass is 9.98. The van der Waals surface area contributed by atoms with Crippen LogP contribution in [0.25, 0.3) is 0 Å². The molecule has 1 N–H and O–H groups in total. The topological polar surface area (TPSA) is 23.5 Å². The number of benzene rings is 2. The molecule has 0 aliphatic carbocycles. The molecule has 3 rings (SSSR count). The summed E-state index contributed by atoms with van der Waals surface area (Å²) in [6, 6.07) is 18.9. The van der Waals surface area contributed by atoms with Crippen molar-refractivity contribution in [1.82, 2.24) is 4.90 Å². The minimum atomic E-state index is 0.319. The SMILES string of the molecule is CCC(c1ccccc1O)N1CCC(c2ccccc2)C1. The number of likely N-dealkylation sites (tertiary alicyclic amines) is 1. The summed E-state index contributed by atoms with van der Waals surface area (Å²) in [5.41, 5.74) is 2.50. The summed E-state index contributed by atoms with van der Waals surface area (Å²) in [5, 5.41) is 10.1. The van der Waals surface area contributed by atoms with Crippen molar-refractivity contribution in [1.29, 1.82) is 0 Å². The smallest absolute Gasteiger partial charge is 0.120 e. The van der Waals surface area contributed by atoms with Crippen molar-refractivity contribution in [3.05, 3.63) is 65.7 Å². The molecule has 2 aromatic carbocycles. The Bertz CT molecular complexity index is 581. The highest BCUT2D eigenvalue weighted by Crippen LogP contribution is 2.37. The monoisotopic (exact) mass is 281 g/mol. The highest BCUT2D eigenvalue weighted by atomic mass is 16.3. The molecule has 2 aromatic rings. The second-order valence-corrected chi connectivity index (χ2v) is 5.87. The first-order valence-corrected chi connectivity index (χ1v) is 7.86. The number of para-hydroxylation sites is 1. The molecule has 0 bridgehead atoms. The molecule has 21 heavy (non-hydrogen) atoms. The number of nitrogens with zero attached hydrogens (tertiary/aromatic N) is 1. The van der Waals surface area contributed by atoms with E-state index in [1.54, 1.807) is 6.07 Å². The largest absolute Gasteiger partial charge is 0.508 e. The van der Waals surface area contributed by atoms with Crippen LogP contribution >= 0.6 is 0 Å². The zero-order valence-corrected chi connectivity index (χ0v) is 12.6. The second-order valence-electron chi connectivity index (χ2n) is 5.87. The molecule has 110 valence electrons. The highest BCUT2D eigenvalue weighted by molar-refractivity contribution is 5.35. The maximum absolute atomic E-state index is 10.1. The first kappa shape index (κ1) is 14.2. The maximum atomic E-state index is 10.1. The lowest BCUT2D eigenvalue weighted by molar-refractivity contribution is 0.232. The normalized spacial score (nSPS) is 20.5. The van der Waals surface area contributed by atoms with E-state index in [1.807, 2.05) is 12.1 Å². The summed E-state index contributed by atoms with van der Waals surface area (Å²) < 4.78 is 0. The van der Waals surface area contributed by atoms with Gasteiger partial charge in [0.1, 0.15) is 5.75 Å². The van der Waals surface area contributed by atoms with Crippen molar-refractivity contribution >= 4 is 0 Å². The summed E-state index contributed by atoms with van der Waals surface area (Å²) in [6.45, 7) is 4.39. The summed E-state index contributed by atoms with van der Waals surface area (Å²) in [6.07, 6.45) is 2.23. The first-order valence-electron chi connectivity index (χ1n) is 7.86. The predicted molar refractivity (Wildman–Crippen MR) is 86.5 cm³/mol. The van der Waals surface area contributed by atoms with Crippen molar-refractivity contribution in [3.8, 4) is 5.75 Å². The molecule has 0 radical (unpaired) electrons. The third kappa shape index (κ3) is 2.96. The predicted octanol–water partition coefficient (Wildman–Crippen LogP) is 4.33. The third-order valence-electron chi connectivity index (χ3n) is 4.61. The highest BCUT2D eigenvalue weighted by Gasteiger charge is 2.29. The van der Waals surface area contributed by atoms with Gasteiger partial charge in [0.2, 0.25) is 0 Å².